The van der Waals surface area contributed by atoms with E-state index >= 15 is 0 Å². The second kappa shape index (κ2) is 6.80. The predicted molar refractivity (Wildman–Crippen MR) is 59.6 cm³/mol. The maximum atomic E-state index is 11.2. The molecule has 0 aromatic rings. The normalized spacial score (nSPS) is 17.7. The van der Waals surface area contributed by atoms with Crippen LogP contribution in [-0.2, 0) is 4.79 Å². The van der Waals surface area contributed by atoms with Crippen molar-refractivity contribution in [2.75, 3.05) is 39.3 Å². The largest absolute Gasteiger partial charge is 0.395 e. The third-order valence-electron chi connectivity index (χ3n) is 2.95. The van der Waals surface area contributed by atoms with E-state index in [9.17, 15) is 4.79 Å². The summed E-state index contributed by atoms with van der Waals surface area (Å²) in [7, 11) is 0. The number of aliphatic hydroxyl groups is 1. The lowest BCUT2D eigenvalue weighted by Crippen LogP contribution is -2.40. The van der Waals surface area contributed by atoms with Crippen molar-refractivity contribution in [1.29, 1.82) is 0 Å². The van der Waals surface area contributed by atoms with Crippen molar-refractivity contribution >= 4 is 5.91 Å². The van der Waals surface area contributed by atoms with Crippen LogP contribution in [0.15, 0.2) is 0 Å². The summed E-state index contributed by atoms with van der Waals surface area (Å²) < 4.78 is 0. The fourth-order valence-corrected chi connectivity index (χ4v) is 1.99. The van der Waals surface area contributed by atoms with Gasteiger partial charge in [-0.25, -0.2) is 0 Å². The second-order valence-corrected chi connectivity index (χ2v) is 4.13. The lowest BCUT2D eigenvalue weighted by molar-refractivity contribution is -0.129. The van der Waals surface area contributed by atoms with Gasteiger partial charge in [-0.1, -0.05) is 6.42 Å². The zero-order valence-electron chi connectivity index (χ0n) is 9.61. The zero-order valence-corrected chi connectivity index (χ0v) is 9.61. The number of nitrogens with zero attached hydrogens (tertiary/aromatic N) is 2. The second-order valence-electron chi connectivity index (χ2n) is 4.13. The molecule has 0 saturated carbocycles. The fourth-order valence-electron chi connectivity index (χ4n) is 1.99. The van der Waals surface area contributed by atoms with Crippen molar-refractivity contribution in [2.24, 2.45) is 0 Å². The van der Waals surface area contributed by atoms with Crippen molar-refractivity contribution in [1.82, 2.24) is 9.80 Å². The van der Waals surface area contributed by atoms with E-state index in [0.29, 0.717) is 6.54 Å². The molecule has 1 aliphatic heterocycles. The van der Waals surface area contributed by atoms with Gasteiger partial charge < -0.3 is 14.9 Å². The number of amides is 1. The summed E-state index contributed by atoms with van der Waals surface area (Å²) in [4.78, 5) is 15.3. The first-order valence-corrected chi connectivity index (χ1v) is 5.83. The van der Waals surface area contributed by atoms with Gasteiger partial charge in [0.15, 0.2) is 0 Å². The molecule has 1 aliphatic rings. The molecule has 4 heteroatoms. The monoisotopic (exact) mass is 214 g/mol. The number of rotatable bonds is 5. The van der Waals surface area contributed by atoms with Crippen molar-refractivity contribution in [3.8, 4) is 0 Å². The van der Waals surface area contributed by atoms with Gasteiger partial charge in [0.05, 0.1) is 6.61 Å². The molecule has 0 aromatic carbocycles. The topological polar surface area (TPSA) is 43.8 Å². The molecule has 1 amide bonds. The molecule has 88 valence electrons. The Kier molecular flexibility index (Phi) is 5.65. The third kappa shape index (κ3) is 4.62. The van der Waals surface area contributed by atoms with Gasteiger partial charge in [0.2, 0.25) is 5.91 Å². The van der Waals surface area contributed by atoms with E-state index in [1.165, 1.54) is 19.3 Å². The molecule has 4 nitrogen and oxygen atoms in total. The Morgan fingerprint density at radius 3 is 2.47 bits per heavy atom. The number of hydrogen-bond donors (Lipinski definition) is 1. The smallest absolute Gasteiger partial charge is 0.219 e. The van der Waals surface area contributed by atoms with Crippen LogP contribution in [0, 0.1) is 0 Å². The van der Waals surface area contributed by atoms with Gasteiger partial charge in [0.25, 0.3) is 0 Å². The molecular formula is C11H22N2O2. The number of piperidine rings is 1. The summed E-state index contributed by atoms with van der Waals surface area (Å²) in [6.45, 7) is 6.08. The number of hydrogen-bond acceptors (Lipinski definition) is 3. The van der Waals surface area contributed by atoms with E-state index < -0.39 is 0 Å². The SMILES string of the molecule is CC(=O)N(CCO)CCN1CCCCC1. The highest BCUT2D eigenvalue weighted by Crippen LogP contribution is 2.08. The molecule has 1 saturated heterocycles. The van der Waals surface area contributed by atoms with Gasteiger partial charge in [0.1, 0.15) is 0 Å². The van der Waals surface area contributed by atoms with Crippen LogP contribution < -0.4 is 0 Å². The summed E-state index contributed by atoms with van der Waals surface area (Å²) in [5.74, 6) is 0.0565. The summed E-state index contributed by atoms with van der Waals surface area (Å²) >= 11 is 0. The van der Waals surface area contributed by atoms with Crippen LogP contribution in [0.2, 0.25) is 0 Å². The molecule has 1 N–H and O–H groups in total. The van der Waals surface area contributed by atoms with E-state index in [2.05, 4.69) is 4.90 Å². The highest BCUT2D eigenvalue weighted by molar-refractivity contribution is 5.73. The maximum Gasteiger partial charge on any atom is 0.219 e. The van der Waals surface area contributed by atoms with E-state index in [4.69, 9.17) is 5.11 Å². The van der Waals surface area contributed by atoms with Crippen LogP contribution in [0.1, 0.15) is 26.2 Å². The standard InChI is InChI=1S/C11H22N2O2/c1-11(15)13(9-10-14)8-7-12-5-3-2-4-6-12/h14H,2-10H2,1H3. The molecule has 0 atom stereocenters. The summed E-state index contributed by atoms with van der Waals surface area (Å²) in [6.07, 6.45) is 3.89. The minimum absolute atomic E-state index is 0.0551. The lowest BCUT2D eigenvalue weighted by Gasteiger charge is -2.29. The molecule has 1 fully saturated rings. The Morgan fingerprint density at radius 1 is 1.27 bits per heavy atom. The first-order chi connectivity index (χ1) is 7.24. The molecular weight excluding hydrogens is 192 g/mol. The van der Waals surface area contributed by atoms with Crippen molar-refractivity contribution in [3.63, 3.8) is 0 Å². The molecule has 1 heterocycles. The first kappa shape index (κ1) is 12.5. The van der Waals surface area contributed by atoms with Crippen molar-refractivity contribution in [3.05, 3.63) is 0 Å². The fraction of sp³-hybridized carbons (Fsp3) is 0.909. The van der Waals surface area contributed by atoms with Gasteiger partial charge in [0, 0.05) is 26.6 Å². The lowest BCUT2D eigenvalue weighted by atomic mass is 10.1. The Morgan fingerprint density at radius 2 is 1.93 bits per heavy atom. The molecule has 0 bridgehead atoms. The van der Waals surface area contributed by atoms with Gasteiger partial charge in [-0.3, -0.25) is 4.79 Å². The van der Waals surface area contributed by atoms with E-state index in [1.54, 1.807) is 11.8 Å². The van der Waals surface area contributed by atoms with Crippen molar-refractivity contribution < 1.29 is 9.90 Å². The van der Waals surface area contributed by atoms with E-state index in [1.807, 2.05) is 0 Å². The number of carbonyl (C=O) groups is 1. The number of likely N-dealkylation sites (tertiary alicyclic amines) is 1. The Hall–Kier alpha value is -0.610. The minimum atomic E-state index is 0.0551. The Bertz CT molecular complexity index is 191. The first-order valence-electron chi connectivity index (χ1n) is 5.83. The molecule has 0 aliphatic carbocycles. The average molecular weight is 214 g/mol. The highest BCUT2D eigenvalue weighted by atomic mass is 16.3. The quantitative estimate of drug-likeness (QED) is 0.716. The zero-order chi connectivity index (χ0) is 11.1. The predicted octanol–water partition coefficient (Wildman–Crippen LogP) is 0.313. The molecule has 15 heavy (non-hydrogen) atoms. The van der Waals surface area contributed by atoms with Gasteiger partial charge >= 0.3 is 0 Å². The van der Waals surface area contributed by atoms with E-state index in [0.717, 1.165) is 26.2 Å². The van der Waals surface area contributed by atoms with E-state index in [-0.39, 0.29) is 12.5 Å². The average Bonchev–Trinajstić information content (AvgIpc) is 2.25. The highest BCUT2D eigenvalue weighted by Gasteiger charge is 2.13. The van der Waals surface area contributed by atoms with Gasteiger partial charge in [-0.2, -0.15) is 0 Å². The van der Waals surface area contributed by atoms with Crippen LogP contribution in [0.5, 0.6) is 0 Å². The summed E-state index contributed by atoms with van der Waals surface area (Å²) in [5, 5.41) is 8.82. The van der Waals surface area contributed by atoms with Gasteiger partial charge in [-0.05, 0) is 25.9 Å². The van der Waals surface area contributed by atoms with Crippen molar-refractivity contribution in [2.45, 2.75) is 26.2 Å². The van der Waals surface area contributed by atoms with Crippen LogP contribution in [0.4, 0.5) is 0 Å². The molecule has 0 radical (unpaired) electrons. The molecule has 0 unspecified atom stereocenters. The minimum Gasteiger partial charge on any atom is -0.395 e. The Balaban J connectivity index is 2.22. The third-order valence-corrected chi connectivity index (χ3v) is 2.95. The van der Waals surface area contributed by atoms with Crippen LogP contribution in [0.25, 0.3) is 0 Å². The summed E-state index contributed by atoms with van der Waals surface area (Å²) in [5.41, 5.74) is 0. The summed E-state index contributed by atoms with van der Waals surface area (Å²) in [6, 6.07) is 0. The van der Waals surface area contributed by atoms with Crippen LogP contribution in [-0.4, -0.2) is 60.1 Å². The Labute approximate surface area is 91.9 Å². The molecule has 0 spiro atoms. The van der Waals surface area contributed by atoms with Crippen LogP contribution >= 0.6 is 0 Å². The maximum absolute atomic E-state index is 11.2. The number of carbonyl (C=O) groups excluding carboxylic acids is 1. The van der Waals surface area contributed by atoms with Gasteiger partial charge in [-0.15, -0.1) is 0 Å². The number of aliphatic hydroxyl groups excluding tert-OH is 1. The molecule has 1 rings (SSSR count). The molecule has 0 aromatic heterocycles. The van der Waals surface area contributed by atoms with Crippen LogP contribution in [0.3, 0.4) is 0 Å².